The zero-order valence-electron chi connectivity index (χ0n) is 53.8. The van der Waals surface area contributed by atoms with Gasteiger partial charge in [0.1, 0.15) is 73.2 Å². The van der Waals surface area contributed by atoms with Gasteiger partial charge in [0.15, 0.2) is 18.9 Å². The Morgan fingerprint density at radius 2 is 0.759 bits per heavy atom. The molecule has 0 aromatic rings. The molecule has 17 atom stereocenters. The molecule has 3 rings (SSSR count). The molecule has 3 heterocycles. The summed E-state index contributed by atoms with van der Waals surface area (Å²) >= 11 is 0. The van der Waals surface area contributed by atoms with Crippen LogP contribution in [0.1, 0.15) is 258 Å². The van der Waals surface area contributed by atoms with Gasteiger partial charge in [0.05, 0.1) is 38.6 Å². The van der Waals surface area contributed by atoms with Gasteiger partial charge in [-0.15, -0.1) is 0 Å². The Hall–Kier alpha value is -1.99. The van der Waals surface area contributed by atoms with Crippen molar-refractivity contribution in [3.63, 3.8) is 0 Å². The van der Waals surface area contributed by atoms with E-state index in [0.29, 0.717) is 19.3 Å². The molecule has 12 N–H and O–H groups in total. The van der Waals surface area contributed by atoms with E-state index in [4.69, 9.17) is 28.4 Å². The molecule has 3 aliphatic heterocycles. The van der Waals surface area contributed by atoms with E-state index in [0.717, 1.165) is 44.9 Å². The molecule has 3 aliphatic rings. The Labute approximate surface area is 523 Å². The van der Waals surface area contributed by atoms with Crippen molar-refractivity contribution in [1.29, 1.82) is 0 Å². The molecule has 19 heteroatoms. The summed E-state index contributed by atoms with van der Waals surface area (Å²) in [4.78, 5) is 13.2. The van der Waals surface area contributed by atoms with Gasteiger partial charge in [-0.1, -0.05) is 237 Å². The first-order valence-electron chi connectivity index (χ1n) is 34.7. The van der Waals surface area contributed by atoms with E-state index in [-0.39, 0.29) is 18.9 Å². The lowest BCUT2D eigenvalue weighted by Crippen LogP contribution is -2.66. The van der Waals surface area contributed by atoms with Crippen molar-refractivity contribution < 1.29 is 89.4 Å². The molecule has 19 nitrogen and oxygen atoms in total. The normalized spacial score (nSPS) is 28.8. The first kappa shape index (κ1) is 79.2. The minimum absolute atomic E-state index is 0.251. The van der Waals surface area contributed by atoms with Crippen LogP contribution in [0.15, 0.2) is 36.5 Å². The molecule has 17 unspecified atom stereocenters. The minimum Gasteiger partial charge on any atom is -0.394 e. The van der Waals surface area contributed by atoms with Crippen LogP contribution in [0.4, 0.5) is 0 Å². The number of aliphatic hydroxyl groups is 11. The summed E-state index contributed by atoms with van der Waals surface area (Å²) in [6, 6.07) is -0.880. The molecule has 3 fully saturated rings. The first-order chi connectivity index (χ1) is 42.3. The molecule has 0 bridgehead atoms. The maximum atomic E-state index is 13.2. The van der Waals surface area contributed by atoms with Crippen molar-refractivity contribution in [1.82, 2.24) is 5.32 Å². The summed E-state index contributed by atoms with van der Waals surface area (Å²) < 4.78 is 34.1. The van der Waals surface area contributed by atoms with Gasteiger partial charge in [-0.2, -0.15) is 0 Å². The smallest absolute Gasteiger partial charge is 0.220 e. The Bertz CT molecular complexity index is 1720. The summed E-state index contributed by atoms with van der Waals surface area (Å²) in [6.45, 7) is 1.60. The highest BCUT2D eigenvalue weighted by Gasteiger charge is 2.53. The Morgan fingerprint density at radius 3 is 1.18 bits per heavy atom. The van der Waals surface area contributed by atoms with Crippen LogP contribution in [-0.4, -0.2) is 193 Å². The number of hydrogen-bond acceptors (Lipinski definition) is 18. The lowest BCUT2D eigenvalue weighted by atomic mass is 9.96. The van der Waals surface area contributed by atoms with Gasteiger partial charge in [-0.3, -0.25) is 4.79 Å². The zero-order chi connectivity index (χ0) is 63.3. The number of aliphatic hydroxyl groups excluding tert-OH is 11. The summed E-state index contributed by atoms with van der Waals surface area (Å²) in [6.07, 6.45) is 32.7. The van der Waals surface area contributed by atoms with Crippen molar-refractivity contribution >= 4 is 5.91 Å². The SMILES string of the molecule is CCCCCCC/C=C\C/C=C\C/C=C\CCCCCCCCCCCCCCCCCCCCCCCCCCC(=O)NC(COC1OC(CO)C(OC2OC(CO)C(OC3OC(CO)C(O)C(O)C3O)C(O)C2O)C(O)C1O)C(O)CCCCC. The highest BCUT2D eigenvalue weighted by molar-refractivity contribution is 5.76. The molecular weight excluding hydrogens is 1120 g/mol. The maximum absolute atomic E-state index is 13.2. The third-order valence-corrected chi connectivity index (χ3v) is 17.5. The lowest BCUT2D eigenvalue weighted by molar-refractivity contribution is -0.379. The number of hydrogen-bond donors (Lipinski definition) is 12. The van der Waals surface area contributed by atoms with Crippen molar-refractivity contribution in [2.75, 3.05) is 26.4 Å². The van der Waals surface area contributed by atoms with Gasteiger partial charge >= 0.3 is 0 Å². The third kappa shape index (κ3) is 32.9. The number of unbranched alkanes of at least 4 members (excludes halogenated alkanes) is 31. The topological polar surface area (TPSA) is 307 Å². The van der Waals surface area contributed by atoms with Gasteiger partial charge in [-0.05, 0) is 51.4 Å². The van der Waals surface area contributed by atoms with Crippen molar-refractivity contribution in [2.45, 2.75) is 362 Å². The van der Waals surface area contributed by atoms with Gasteiger partial charge in [-0.25, -0.2) is 0 Å². The number of carbonyl (C=O) groups excluding carboxylic acids is 1. The average Bonchev–Trinajstić information content (AvgIpc) is 1.25. The quantitative estimate of drug-likeness (QED) is 0.0200. The second-order valence-corrected chi connectivity index (χ2v) is 25.0. The van der Waals surface area contributed by atoms with Crippen LogP contribution in [0.3, 0.4) is 0 Å². The fraction of sp³-hybridized carbons (Fsp3) is 0.897. The highest BCUT2D eigenvalue weighted by atomic mass is 16.8. The van der Waals surface area contributed by atoms with E-state index >= 15 is 0 Å². The number of nitrogens with one attached hydrogen (secondary N) is 1. The average molecular weight is 1240 g/mol. The molecule has 0 aromatic heterocycles. The molecular formula is C68H125NO18. The zero-order valence-corrected chi connectivity index (χ0v) is 53.8. The molecule has 0 aliphatic carbocycles. The fourth-order valence-electron chi connectivity index (χ4n) is 11.8. The largest absolute Gasteiger partial charge is 0.394 e. The van der Waals surface area contributed by atoms with Crippen molar-refractivity contribution in [2.24, 2.45) is 0 Å². The van der Waals surface area contributed by atoms with Crippen LogP contribution in [0.5, 0.6) is 0 Å². The third-order valence-electron chi connectivity index (χ3n) is 17.5. The molecule has 0 aromatic carbocycles. The van der Waals surface area contributed by atoms with E-state index in [1.54, 1.807) is 0 Å². The summed E-state index contributed by atoms with van der Waals surface area (Å²) in [5.74, 6) is -0.251. The van der Waals surface area contributed by atoms with E-state index < -0.39 is 124 Å². The van der Waals surface area contributed by atoms with E-state index in [2.05, 4.69) is 48.7 Å². The lowest BCUT2D eigenvalue weighted by Gasteiger charge is -2.48. The van der Waals surface area contributed by atoms with Crippen LogP contribution in [0.25, 0.3) is 0 Å². The number of allylic oxidation sites excluding steroid dienone is 6. The Balaban J connectivity index is 1.19. The molecule has 87 heavy (non-hydrogen) atoms. The van der Waals surface area contributed by atoms with Crippen LogP contribution < -0.4 is 5.32 Å². The van der Waals surface area contributed by atoms with E-state index in [1.807, 2.05) is 6.92 Å². The maximum Gasteiger partial charge on any atom is 0.220 e. The Kier molecular flexibility index (Phi) is 46.0. The van der Waals surface area contributed by atoms with Crippen LogP contribution in [0.2, 0.25) is 0 Å². The summed E-state index contributed by atoms with van der Waals surface area (Å²) in [5, 5.41) is 119. The fourth-order valence-corrected chi connectivity index (χ4v) is 11.8. The second-order valence-electron chi connectivity index (χ2n) is 25.0. The standard InChI is InChI=1S/C68H125NO18/c1-3-5-7-8-9-10-11-12-13-14-15-16-17-18-19-20-21-22-23-24-25-26-27-28-29-30-31-32-33-34-35-36-37-38-39-40-41-42-44-46-56(74)69-51(52(73)45-43-6-4-2)50-82-66-62(80)59(77)64(54(48-71)84-66)87-68-63(81)60(78)65(55(49-72)85-68)86-67-61(79)58(76)57(75)53(47-70)83-67/h11-12,14-15,17-18,51-55,57-68,70-73,75-81H,3-10,13,16,19-50H2,1-2H3,(H,69,74)/b12-11-,15-14-,18-17-. The van der Waals surface area contributed by atoms with Gasteiger partial charge < -0.3 is 89.9 Å². The molecule has 3 saturated heterocycles. The molecule has 1 amide bonds. The predicted octanol–water partition coefficient (Wildman–Crippen LogP) is 8.83. The van der Waals surface area contributed by atoms with Crippen LogP contribution >= 0.6 is 0 Å². The number of ether oxygens (including phenoxy) is 6. The first-order valence-corrected chi connectivity index (χ1v) is 34.7. The minimum atomic E-state index is -1.97. The van der Waals surface area contributed by atoms with Gasteiger partial charge in [0.25, 0.3) is 0 Å². The van der Waals surface area contributed by atoms with E-state index in [1.165, 1.54) is 173 Å². The number of carbonyl (C=O) groups is 1. The second kappa shape index (κ2) is 50.6. The molecule has 0 radical (unpaired) electrons. The van der Waals surface area contributed by atoms with Gasteiger partial charge in [0.2, 0.25) is 5.91 Å². The molecule has 0 saturated carbocycles. The van der Waals surface area contributed by atoms with Crippen molar-refractivity contribution in [3.05, 3.63) is 36.5 Å². The number of rotatable bonds is 53. The Morgan fingerprint density at radius 1 is 0.414 bits per heavy atom. The number of amides is 1. The molecule has 510 valence electrons. The van der Waals surface area contributed by atoms with Crippen LogP contribution in [0, 0.1) is 0 Å². The summed E-state index contributed by atoms with van der Waals surface area (Å²) in [5.41, 5.74) is 0. The van der Waals surface area contributed by atoms with Crippen LogP contribution in [-0.2, 0) is 33.2 Å². The van der Waals surface area contributed by atoms with Crippen molar-refractivity contribution in [3.8, 4) is 0 Å². The van der Waals surface area contributed by atoms with Gasteiger partial charge in [0, 0.05) is 6.42 Å². The monoisotopic (exact) mass is 1240 g/mol. The highest BCUT2D eigenvalue weighted by Crippen LogP contribution is 2.33. The summed E-state index contributed by atoms with van der Waals surface area (Å²) in [7, 11) is 0. The van der Waals surface area contributed by atoms with E-state index in [9.17, 15) is 61.0 Å². The molecule has 0 spiro atoms. The predicted molar refractivity (Wildman–Crippen MR) is 337 cm³/mol.